The van der Waals surface area contributed by atoms with Crippen molar-refractivity contribution < 1.29 is 4.79 Å². The molecule has 4 nitrogen and oxygen atoms in total. The number of amides is 1. The molecule has 0 aliphatic carbocycles. The SMILES string of the molecule is CC1(C)CC(C)(C(=O)NCc2ccccc2)Nc2ccccc2N1. The Morgan fingerprint density at radius 2 is 1.54 bits per heavy atom. The van der Waals surface area contributed by atoms with Gasteiger partial charge in [-0.15, -0.1) is 0 Å². The Labute approximate surface area is 143 Å². The second-order valence-corrected chi connectivity index (χ2v) is 7.36. The molecule has 3 N–H and O–H groups in total. The first kappa shape index (κ1) is 16.4. The molecule has 2 aromatic rings. The van der Waals surface area contributed by atoms with Crippen molar-refractivity contribution >= 4 is 17.3 Å². The standard InChI is InChI=1S/C20H25N3O/c1-19(2)14-20(3,23-17-12-8-7-11-16(17)22-19)18(24)21-13-15-9-5-4-6-10-15/h4-12,22-23H,13-14H2,1-3H3,(H,21,24). The van der Waals surface area contributed by atoms with Gasteiger partial charge in [-0.3, -0.25) is 4.79 Å². The Kier molecular flexibility index (Phi) is 4.22. The Hall–Kier alpha value is -2.49. The highest BCUT2D eigenvalue weighted by Gasteiger charge is 2.41. The molecule has 1 amide bonds. The van der Waals surface area contributed by atoms with Gasteiger partial charge in [0, 0.05) is 18.5 Å². The Morgan fingerprint density at radius 1 is 0.958 bits per heavy atom. The lowest BCUT2D eigenvalue weighted by molar-refractivity contribution is -0.125. The number of para-hydroxylation sites is 2. The highest BCUT2D eigenvalue weighted by molar-refractivity contribution is 5.91. The van der Waals surface area contributed by atoms with Crippen molar-refractivity contribution in [2.75, 3.05) is 10.6 Å². The lowest BCUT2D eigenvalue weighted by atomic mass is 9.85. The topological polar surface area (TPSA) is 53.2 Å². The van der Waals surface area contributed by atoms with Crippen molar-refractivity contribution in [3.63, 3.8) is 0 Å². The van der Waals surface area contributed by atoms with Crippen LogP contribution in [0.25, 0.3) is 0 Å². The number of anilines is 2. The van der Waals surface area contributed by atoms with Crippen LogP contribution in [-0.4, -0.2) is 17.0 Å². The van der Waals surface area contributed by atoms with Gasteiger partial charge in [-0.1, -0.05) is 42.5 Å². The molecular formula is C20H25N3O. The lowest BCUT2D eigenvalue weighted by Crippen LogP contribution is -2.53. The van der Waals surface area contributed by atoms with Gasteiger partial charge in [-0.05, 0) is 38.5 Å². The van der Waals surface area contributed by atoms with Gasteiger partial charge < -0.3 is 16.0 Å². The zero-order valence-corrected chi connectivity index (χ0v) is 14.5. The number of rotatable bonds is 3. The summed E-state index contributed by atoms with van der Waals surface area (Å²) in [5.41, 5.74) is 2.21. The summed E-state index contributed by atoms with van der Waals surface area (Å²) in [7, 11) is 0. The van der Waals surface area contributed by atoms with Crippen molar-refractivity contribution in [3.05, 3.63) is 60.2 Å². The predicted octanol–water partition coefficient (Wildman–Crippen LogP) is 3.77. The average Bonchev–Trinajstić information content (AvgIpc) is 2.65. The normalized spacial score (nSPS) is 21.6. The number of benzene rings is 2. The third-order valence-corrected chi connectivity index (χ3v) is 4.40. The molecule has 2 aromatic carbocycles. The van der Waals surface area contributed by atoms with E-state index >= 15 is 0 Å². The molecule has 1 aliphatic heterocycles. The number of fused-ring (bicyclic) bond motifs is 1. The largest absolute Gasteiger partial charge is 0.378 e. The minimum Gasteiger partial charge on any atom is -0.378 e. The van der Waals surface area contributed by atoms with Crippen LogP contribution in [0.1, 0.15) is 32.8 Å². The van der Waals surface area contributed by atoms with Gasteiger partial charge in [0.15, 0.2) is 0 Å². The van der Waals surface area contributed by atoms with Crippen molar-refractivity contribution in [1.29, 1.82) is 0 Å². The van der Waals surface area contributed by atoms with E-state index in [1.54, 1.807) is 0 Å². The maximum Gasteiger partial charge on any atom is 0.245 e. The van der Waals surface area contributed by atoms with Gasteiger partial charge in [-0.25, -0.2) is 0 Å². The summed E-state index contributed by atoms with van der Waals surface area (Å²) in [5, 5.41) is 10.1. The van der Waals surface area contributed by atoms with Crippen LogP contribution in [0.15, 0.2) is 54.6 Å². The van der Waals surface area contributed by atoms with Crippen molar-refractivity contribution in [1.82, 2.24) is 5.32 Å². The molecule has 0 radical (unpaired) electrons. The molecule has 0 fully saturated rings. The second kappa shape index (κ2) is 6.19. The first-order valence-corrected chi connectivity index (χ1v) is 8.36. The van der Waals surface area contributed by atoms with Gasteiger partial charge in [0.05, 0.1) is 11.4 Å². The fourth-order valence-electron chi connectivity index (χ4n) is 3.45. The van der Waals surface area contributed by atoms with E-state index < -0.39 is 5.54 Å². The molecule has 0 saturated heterocycles. The van der Waals surface area contributed by atoms with E-state index in [0.717, 1.165) is 16.9 Å². The Morgan fingerprint density at radius 3 is 2.21 bits per heavy atom. The van der Waals surface area contributed by atoms with Crippen LogP contribution in [0.5, 0.6) is 0 Å². The molecule has 0 saturated carbocycles. The Bertz CT molecular complexity index is 727. The molecule has 0 spiro atoms. The lowest BCUT2D eigenvalue weighted by Gasteiger charge is -2.34. The third-order valence-electron chi connectivity index (χ3n) is 4.40. The van der Waals surface area contributed by atoms with Crippen molar-refractivity contribution in [3.8, 4) is 0 Å². The molecule has 1 atom stereocenters. The van der Waals surface area contributed by atoms with Crippen molar-refractivity contribution in [2.24, 2.45) is 0 Å². The van der Waals surface area contributed by atoms with Gasteiger partial charge in [-0.2, -0.15) is 0 Å². The predicted molar refractivity (Wildman–Crippen MR) is 99.1 cm³/mol. The molecule has 1 aliphatic rings. The fourth-order valence-corrected chi connectivity index (χ4v) is 3.45. The van der Waals surface area contributed by atoms with Gasteiger partial charge in [0.25, 0.3) is 0 Å². The monoisotopic (exact) mass is 323 g/mol. The molecule has 126 valence electrons. The number of hydrogen-bond acceptors (Lipinski definition) is 3. The van der Waals surface area contributed by atoms with Gasteiger partial charge in [0.2, 0.25) is 5.91 Å². The smallest absolute Gasteiger partial charge is 0.245 e. The molecular weight excluding hydrogens is 298 g/mol. The van der Waals surface area contributed by atoms with Crippen LogP contribution in [0.4, 0.5) is 11.4 Å². The van der Waals surface area contributed by atoms with Crippen LogP contribution in [-0.2, 0) is 11.3 Å². The first-order valence-electron chi connectivity index (χ1n) is 8.36. The molecule has 0 bridgehead atoms. The summed E-state index contributed by atoms with van der Waals surface area (Å²) in [4.78, 5) is 12.9. The molecule has 1 heterocycles. The minimum absolute atomic E-state index is 0.0120. The van der Waals surface area contributed by atoms with Crippen LogP contribution in [0, 0.1) is 0 Å². The number of hydrogen-bond donors (Lipinski definition) is 3. The van der Waals surface area contributed by atoms with Crippen LogP contribution in [0.2, 0.25) is 0 Å². The molecule has 24 heavy (non-hydrogen) atoms. The quantitative estimate of drug-likeness (QED) is 0.806. The maximum absolute atomic E-state index is 12.9. The molecule has 4 heteroatoms. The highest BCUT2D eigenvalue weighted by atomic mass is 16.2. The molecule has 0 aromatic heterocycles. The van der Waals surface area contributed by atoms with E-state index in [1.807, 2.05) is 61.5 Å². The first-order chi connectivity index (χ1) is 11.4. The third kappa shape index (κ3) is 3.53. The van der Waals surface area contributed by atoms with Gasteiger partial charge in [0.1, 0.15) is 5.54 Å². The molecule has 1 unspecified atom stereocenters. The summed E-state index contributed by atoms with van der Waals surface area (Å²) < 4.78 is 0. The van der Waals surface area contributed by atoms with E-state index in [1.165, 1.54) is 0 Å². The summed E-state index contributed by atoms with van der Waals surface area (Å²) in [6.07, 6.45) is 0.676. The second-order valence-electron chi connectivity index (χ2n) is 7.36. The highest BCUT2D eigenvalue weighted by Crippen LogP contribution is 2.36. The summed E-state index contributed by atoms with van der Waals surface area (Å²) >= 11 is 0. The van der Waals surface area contributed by atoms with Crippen molar-refractivity contribution in [2.45, 2.75) is 44.8 Å². The van der Waals surface area contributed by atoms with Crippen LogP contribution >= 0.6 is 0 Å². The number of carbonyl (C=O) groups excluding carboxylic acids is 1. The number of nitrogens with one attached hydrogen (secondary N) is 3. The zero-order chi connectivity index (χ0) is 17.2. The summed E-state index contributed by atoms with van der Waals surface area (Å²) in [6.45, 7) is 6.75. The summed E-state index contributed by atoms with van der Waals surface area (Å²) in [5.74, 6) is 0.0120. The van der Waals surface area contributed by atoms with E-state index in [2.05, 4.69) is 29.8 Å². The van der Waals surface area contributed by atoms with Crippen LogP contribution in [0.3, 0.4) is 0 Å². The van der Waals surface area contributed by atoms with E-state index in [-0.39, 0.29) is 11.4 Å². The van der Waals surface area contributed by atoms with E-state index in [4.69, 9.17) is 0 Å². The fraction of sp³-hybridized carbons (Fsp3) is 0.350. The zero-order valence-electron chi connectivity index (χ0n) is 14.5. The minimum atomic E-state index is -0.683. The average molecular weight is 323 g/mol. The summed E-state index contributed by atoms with van der Waals surface area (Å²) in [6, 6.07) is 18.0. The van der Waals surface area contributed by atoms with Crippen LogP contribution < -0.4 is 16.0 Å². The van der Waals surface area contributed by atoms with E-state index in [0.29, 0.717) is 13.0 Å². The van der Waals surface area contributed by atoms with E-state index in [9.17, 15) is 4.79 Å². The molecule has 3 rings (SSSR count). The maximum atomic E-state index is 12.9. The van der Waals surface area contributed by atoms with Gasteiger partial charge >= 0.3 is 0 Å². The number of carbonyl (C=O) groups is 1. The Balaban J connectivity index is 1.81.